The van der Waals surface area contributed by atoms with Crippen LogP contribution in [0.3, 0.4) is 0 Å². The summed E-state index contributed by atoms with van der Waals surface area (Å²) in [5.41, 5.74) is 2.13. The molecule has 1 aliphatic carbocycles. The number of nitrogens with one attached hydrogen (secondary N) is 1. The summed E-state index contributed by atoms with van der Waals surface area (Å²) in [6.45, 7) is 3.50. The van der Waals surface area contributed by atoms with Crippen LogP contribution in [0.25, 0.3) is 0 Å². The van der Waals surface area contributed by atoms with Crippen molar-refractivity contribution in [3.8, 4) is 5.88 Å². The zero-order chi connectivity index (χ0) is 13.8. The van der Waals surface area contributed by atoms with E-state index in [-0.39, 0.29) is 0 Å². The maximum Gasteiger partial charge on any atom is 0.213 e. The molecule has 3 rings (SSSR count). The van der Waals surface area contributed by atoms with Crippen molar-refractivity contribution in [1.29, 1.82) is 0 Å². The lowest BCUT2D eigenvalue weighted by Gasteiger charge is -2.07. The molecule has 1 saturated carbocycles. The summed E-state index contributed by atoms with van der Waals surface area (Å²) in [5, 5.41) is 3.29. The lowest BCUT2D eigenvalue weighted by Crippen LogP contribution is -2.04. The van der Waals surface area contributed by atoms with Crippen molar-refractivity contribution in [1.82, 2.24) is 9.97 Å². The monoisotopic (exact) mass is 269 g/mol. The first kappa shape index (κ1) is 12.9. The van der Waals surface area contributed by atoms with Crippen LogP contribution < -0.4 is 10.1 Å². The van der Waals surface area contributed by atoms with Crippen LogP contribution in [0.4, 0.5) is 5.82 Å². The molecule has 4 heteroatoms. The van der Waals surface area contributed by atoms with Crippen LogP contribution in [0, 0.1) is 12.8 Å². The highest BCUT2D eigenvalue weighted by atomic mass is 16.5. The van der Waals surface area contributed by atoms with Gasteiger partial charge in [0.05, 0.1) is 6.61 Å². The van der Waals surface area contributed by atoms with E-state index >= 15 is 0 Å². The molecule has 1 N–H and O–H groups in total. The molecule has 104 valence electrons. The largest absolute Gasteiger partial charge is 0.477 e. The molecule has 1 fully saturated rings. The predicted molar refractivity (Wildman–Crippen MR) is 78.8 cm³/mol. The average Bonchev–Trinajstić information content (AvgIpc) is 3.28. The molecule has 2 aromatic heterocycles. The molecule has 2 heterocycles. The first-order valence-corrected chi connectivity index (χ1v) is 7.05. The van der Waals surface area contributed by atoms with Crippen LogP contribution in [-0.2, 0) is 6.54 Å². The molecule has 0 saturated heterocycles. The molecule has 4 nitrogen and oxygen atoms in total. The van der Waals surface area contributed by atoms with E-state index in [1.54, 1.807) is 0 Å². The number of rotatable bonds is 6. The fraction of sp³-hybridized carbons (Fsp3) is 0.375. The summed E-state index contributed by atoms with van der Waals surface area (Å²) in [6, 6.07) is 9.92. The van der Waals surface area contributed by atoms with Crippen LogP contribution >= 0.6 is 0 Å². The molecule has 2 aromatic rings. The molecule has 0 amide bonds. The van der Waals surface area contributed by atoms with Crippen molar-refractivity contribution in [2.75, 3.05) is 11.9 Å². The molecule has 0 radical (unpaired) electrons. The number of aromatic nitrogens is 2. The number of hydrogen-bond acceptors (Lipinski definition) is 4. The van der Waals surface area contributed by atoms with Gasteiger partial charge in [-0.05, 0) is 43.4 Å². The van der Waals surface area contributed by atoms with Crippen LogP contribution in [-0.4, -0.2) is 16.6 Å². The molecular weight excluding hydrogens is 250 g/mol. The van der Waals surface area contributed by atoms with E-state index in [2.05, 4.69) is 15.3 Å². The highest BCUT2D eigenvalue weighted by Crippen LogP contribution is 2.29. The predicted octanol–water partition coefficient (Wildman–Crippen LogP) is 3.19. The average molecular weight is 269 g/mol. The van der Waals surface area contributed by atoms with Gasteiger partial charge in [-0.25, -0.2) is 9.97 Å². The lowest BCUT2D eigenvalue weighted by atomic mass is 10.3. The third-order valence-electron chi connectivity index (χ3n) is 3.32. The Labute approximate surface area is 119 Å². The summed E-state index contributed by atoms with van der Waals surface area (Å²) < 4.78 is 5.62. The minimum absolute atomic E-state index is 0.715. The Morgan fingerprint density at radius 3 is 2.85 bits per heavy atom. The minimum atomic E-state index is 0.715. The Bertz CT molecular complexity index is 564. The number of hydrogen-bond donors (Lipinski definition) is 1. The van der Waals surface area contributed by atoms with Gasteiger partial charge in [0.1, 0.15) is 5.82 Å². The Morgan fingerprint density at radius 2 is 2.15 bits per heavy atom. The second-order valence-corrected chi connectivity index (χ2v) is 5.28. The van der Waals surface area contributed by atoms with Crippen molar-refractivity contribution in [2.45, 2.75) is 26.3 Å². The SMILES string of the molecule is Cc1cccc(NCc2ccc(OCC3CC3)nc2)n1. The van der Waals surface area contributed by atoms with Crippen molar-refractivity contribution in [3.63, 3.8) is 0 Å². The summed E-state index contributed by atoms with van der Waals surface area (Å²) in [7, 11) is 0. The van der Waals surface area contributed by atoms with Crippen molar-refractivity contribution in [3.05, 3.63) is 47.8 Å². The van der Waals surface area contributed by atoms with Gasteiger partial charge in [0.15, 0.2) is 0 Å². The fourth-order valence-corrected chi connectivity index (χ4v) is 1.92. The van der Waals surface area contributed by atoms with E-state index in [1.165, 1.54) is 12.8 Å². The lowest BCUT2D eigenvalue weighted by molar-refractivity contribution is 0.288. The summed E-state index contributed by atoms with van der Waals surface area (Å²) in [6.07, 6.45) is 4.45. The van der Waals surface area contributed by atoms with E-state index < -0.39 is 0 Å². The second kappa shape index (κ2) is 5.90. The van der Waals surface area contributed by atoms with Crippen LogP contribution in [0.5, 0.6) is 5.88 Å². The van der Waals surface area contributed by atoms with E-state index in [9.17, 15) is 0 Å². The molecule has 0 aliphatic heterocycles. The maximum atomic E-state index is 5.62. The van der Waals surface area contributed by atoms with Crippen LogP contribution in [0.2, 0.25) is 0 Å². The Balaban J connectivity index is 1.52. The molecule has 0 bridgehead atoms. The zero-order valence-corrected chi connectivity index (χ0v) is 11.7. The smallest absolute Gasteiger partial charge is 0.213 e. The van der Waals surface area contributed by atoms with Gasteiger partial charge in [-0.3, -0.25) is 0 Å². The van der Waals surface area contributed by atoms with Gasteiger partial charge >= 0.3 is 0 Å². The van der Waals surface area contributed by atoms with Gasteiger partial charge < -0.3 is 10.1 Å². The standard InChI is InChI=1S/C16H19N3O/c1-12-3-2-4-15(19-12)17-9-14-7-8-16(18-10-14)20-11-13-5-6-13/h2-4,7-8,10,13H,5-6,9,11H2,1H3,(H,17,19). The molecular formula is C16H19N3O. The molecule has 0 unspecified atom stereocenters. The highest BCUT2D eigenvalue weighted by Gasteiger charge is 2.21. The van der Waals surface area contributed by atoms with Gasteiger partial charge in [-0.1, -0.05) is 12.1 Å². The second-order valence-electron chi connectivity index (χ2n) is 5.28. The molecule has 1 aliphatic rings. The van der Waals surface area contributed by atoms with E-state index in [1.807, 2.05) is 43.5 Å². The van der Waals surface area contributed by atoms with Crippen molar-refractivity contribution < 1.29 is 4.74 Å². The third kappa shape index (κ3) is 3.70. The van der Waals surface area contributed by atoms with Gasteiger partial charge in [-0.2, -0.15) is 0 Å². The van der Waals surface area contributed by atoms with Gasteiger partial charge in [0.2, 0.25) is 5.88 Å². The molecule has 0 spiro atoms. The number of ether oxygens (including phenoxy) is 1. The van der Waals surface area contributed by atoms with Crippen LogP contribution in [0.1, 0.15) is 24.1 Å². The van der Waals surface area contributed by atoms with Gasteiger partial charge in [-0.15, -0.1) is 0 Å². The Kier molecular flexibility index (Phi) is 3.81. The highest BCUT2D eigenvalue weighted by molar-refractivity contribution is 5.36. The van der Waals surface area contributed by atoms with E-state index in [4.69, 9.17) is 4.74 Å². The summed E-state index contributed by atoms with van der Waals surface area (Å²) in [4.78, 5) is 8.73. The number of nitrogens with zero attached hydrogens (tertiary/aromatic N) is 2. The number of pyridine rings is 2. The van der Waals surface area contributed by atoms with E-state index in [0.717, 1.165) is 29.6 Å². The Hall–Kier alpha value is -2.10. The number of anilines is 1. The number of aryl methyl sites for hydroxylation is 1. The Morgan fingerprint density at radius 1 is 1.25 bits per heavy atom. The van der Waals surface area contributed by atoms with Crippen molar-refractivity contribution >= 4 is 5.82 Å². The summed E-state index contributed by atoms with van der Waals surface area (Å²) >= 11 is 0. The topological polar surface area (TPSA) is 47.0 Å². The van der Waals surface area contributed by atoms with Crippen LogP contribution in [0.15, 0.2) is 36.5 Å². The van der Waals surface area contributed by atoms with Gasteiger partial charge in [0.25, 0.3) is 0 Å². The maximum absolute atomic E-state index is 5.62. The van der Waals surface area contributed by atoms with Gasteiger partial charge in [0, 0.05) is 24.5 Å². The first-order chi connectivity index (χ1) is 9.79. The molecule has 20 heavy (non-hydrogen) atoms. The molecule has 0 aromatic carbocycles. The fourth-order valence-electron chi connectivity index (χ4n) is 1.92. The quantitative estimate of drug-likeness (QED) is 0.875. The normalized spacial score (nSPS) is 14.1. The summed E-state index contributed by atoms with van der Waals surface area (Å²) in [5.74, 6) is 2.36. The molecule has 0 atom stereocenters. The zero-order valence-electron chi connectivity index (χ0n) is 11.7. The van der Waals surface area contributed by atoms with E-state index in [0.29, 0.717) is 12.4 Å². The minimum Gasteiger partial charge on any atom is -0.477 e. The third-order valence-corrected chi connectivity index (χ3v) is 3.32. The first-order valence-electron chi connectivity index (χ1n) is 7.05. The van der Waals surface area contributed by atoms with Crippen molar-refractivity contribution in [2.24, 2.45) is 5.92 Å².